The van der Waals surface area contributed by atoms with Crippen LogP contribution in [0.3, 0.4) is 0 Å². The fraction of sp³-hybridized carbons (Fsp3) is 0.750. The maximum absolute atomic E-state index is 9.92. The van der Waals surface area contributed by atoms with E-state index in [0.717, 1.165) is 0 Å². The van der Waals surface area contributed by atoms with E-state index >= 15 is 0 Å². The van der Waals surface area contributed by atoms with E-state index in [0.29, 0.717) is 0 Å². The van der Waals surface area contributed by atoms with Gasteiger partial charge in [0.1, 0.15) is 0 Å². The molecule has 0 N–H and O–H groups in total. The number of hydrogen-bond donors (Lipinski definition) is 0. The molecule has 0 aromatic rings. The quantitative estimate of drug-likeness (QED) is 0.513. The van der Waals surface area contributed by atoms with Gasteiger partial charge in [0.2, 0.25) is 0 Å². The van der Waals surface area contributed by atoms with Crippen molar-refractivity contribution in [2.24, 2.45) is 0 Å². The average Bonchev–Trinajstić information content (AvgIpc) is 1.27. The first-order valence-corrected chi connectivity index (χ1v) is 2.53. The zero-order chi connectivity index (χ0) is 5.86. The second-order valence-corrected chi connectivity index (χ2v) is 1.85. The molecule has 0 aliphatic rings. The van der Waals surface area contributed by atoms with Gasteiger partial charge in [-0.1, -0.05) is 0 Å². The normalized spacial score (nSPS) is 9.14. The molecule has 0 spiro atoms. The van der Waals surface area contributed by atoms with Crippen molar-refractivity contribution in [3.05, 3.63) is 0 Å². The van der Waals surface area contributed by atoms with Crippen molar-refractivity contribution in [2.45, 2.75) is 20.0 Å². The Bertz CT molecular complexity index is 70.1. The minimum atomic E-state index is -0.463. The van der Waals surface area contributed by atoms with Gasteiger partial charge < -0.3 is 0 Å². The van der Waals surface area contributed by atoms with Crippen LogP contribution in [0.25, 0.3) is 0 Å². The fourth-order valence-corrected chi connectivity index (χ4v) is 0.440. The summed E-state index contributed by atoms with van der Waals surface area (Å²) in [6, 6.07) is 0. The maximum atomic E-state index is 9.92. The molecular weight excluding hydrogens is 136 g/mol. The van der Waals surface area contributed by atoms with Crippen molar-refractivity contribution in [3.63, 3.8) is 0 Å². The molecule has 0 heterocycles. The third-order valence-electron chi connectivity index (χ3n) is 0.325. The van der Waals surface area contributed by atoms with Crippen LogP contribution in [-0.2, 0) is 20.7 Å². The van der Waals surface area contributed by atoms with E-state index in [1.54, 1.807) is 13.8 Å². The van der Waals surface area contributed by atoms with E-state index in [1.807, 2.05) is 0 Å². The van der Waals surface area contributed by atoms with Crippen LogP contribution in [0.15, 0.2) is 0 Å². The molecule has 43 valence electrons. The third kappa shape index (κ3) is 5.99. The molecule has 0 aromatic heterocycles. The molecule has 0 saturated heterocycles. The molecule has 0 bridgehead atoms. The summed E-state index contributed by atoms with van der Waals surface area (Å²) < 4.78 is 4.50. The van der Waals surface area contributed by atoms with Crippen LogP contribution in [0.4, 0.5) is 4.79 Å². The SMILES string of the molecule is CC(C)O[C](=O)[Fe]. The molecule has 3 heteroatoms. The summed E-state index contributed by atoms with van der Waals surface area (Å²) in [4.78, 5) is 9.46. The molecule has 0 aliphatic heterocycles. The Labute approximate surface area is 51.0 Å². The first-order chi connectivity index (χ1) is 3.13. The fourth-order valence-electron chi connectivity index (χ4n) is 0.180. The second kappa shape index (κ2) is 3.05. The minimum absolute atomic E-state index is 0.0370. The van der Waals surface area contributed by atoms with Crippen molar-refractivity contribution in [2.75, 3.05) is 0 Å². The molecular formula is C4H7FeO2. The van der Waals surface area contributed by atoms with Gasteiger partial charge in [0, 0.05) is 0 Å². The topological polar surface area (TPSA) is 26.3 Å². The van der Waals surface area contributed by atoms with Gasteiger partial charge >= 0.3 is 50.4 Å². The van der Waals surface area contributed by atoms with Crippen molar-refractivity contribution in [1.29, 1.82) is 0 Å². The Morgan fingerprint density at radius 3 is 2.14 bits per heavy atom. The summed E-state index contributed by atoms with van der Waals surface area (Å²) in [5.41, 5.74) is 0. The Hall–Kier alpha value is -0.0105. The van der Waals surface area contributed by atoms with Crippen molar-refractivity contribution in [3.8, 4) is 0 Å². The Balaban J connectivity index is 3.13. The molecule has 0 amide bonds. The van der Waals surface area contributed by atoms with Crippen LogP contribution in [0, 0.1) is 0 Å². The monoisotopic (exact) mass is 143 g/mol. The molecule has 0 unspecified atom stereocenters. The summed E-state index contributed by atoms with van der Waals surface area (Å²) in [7, 11) is 0. The summed E-state index contributed by atoms with van der Waals surface area (Å²) in [6.07, 6.45) is -0.0370. The van der Waals surface area contributed by atoms with Gasteiger partial charge in [-0.05, 0) is 0 Å². The van der Waals surface area contributed by atoms with Crippen LogP contribution >= 0.6 is 0 Å². The Kier molecular flexibility index (Phi) is 3.05. The number of ether oxygens (including phenoxy) is 1. The van der Waals surface area contributed by atoms with E-state index in [2.05, 4.69) is 20.7 Å². The summed E-state index contributed by atoms with van der Waals surface area (Å²) in [6.45, 7) is 3.56. The molecule has 0 rings (SSSR count). The molecule has 0 aliphatic carbocycles. The van der Waals surface area contributed by atoms with Crippen LogP contribution in [-0.4, -0.2) is 11.0 Å². The average molecular weight is 143 g/mol. The molecule has 0 radical (unpaired) electrons. The number of carbonyl (C=O) groups excluding carboxylic acids is 1. The Morgan fingerprint density at radius 1 is 1.71 bits per heavy atom. The van der Waals surface area contributed by atoms with E-state index in [-0.39, 0.29) is 6.10 Å². The second-order valence-electron chi connectivity index (χ2n) is 1.39. The van der Waals surface area contributed by atoms with E-state index in [4.69, 9.17) is 0 Å². The zero-order valence-electron chi connectivity index (χ0n) is 4.25. The van der Waals surface area contributed by atoms with Gasteiger partial charge in [-0.15, -0.1) is 0 Å². The summed E-state index contributed by atoms with van der Waals surface area (Å²) in [5, 5.41) is 0. The predicted octanol–water partition coefficient (Wildman–Crippen LogP) is 1.08. The predicted molar refractivity (Wildman–Crippen MR) is 21.6 cm³/mol. The first kappa shape index (κ1) is 6.99. The van der Waals surface area contributed by atoms with Crippen LogP contribution in [0.1, 0.15) is 13.8 Å². The van der Waals surface area contributed by atoms with Crippen molar-refractivity contribution < 1.29 is 25.5 Å². The van der Waals surface area contributed by atoms with Gasteiger partial charge in [0.15, 0.2) is 0 Å². The third-order valence-corrected chi connectivity index (χ3v) is 0.456. The van der Waals surface area contributed by atoms with E-state index < -0.39 is 4.87 Å². The molecule has 0 atom stereocenters. The number of carbonyl (C=O) groups is 1. The molecule has 0 saturated carbocycles. The molecule has 0 aromatic carbocycles. The van der Waals surface area contributed by atoms with E-state index in [9.17, 15) is 4.79 Å². The standard InChI is InChI=1S/C4H7O2.Fe/c1-4(2)6-3-5;/h4H,1-2H3;. The van der Waals surface area contributed by atoms with Gasteiger partial charge in [-0.3, -0.25) is 0 Å². The van der Waals surface area contributed by atoms with Crippen molar-refractivity contribution >= 4 is 4.87 Å². The van der Waals surface area contributed by atoms with E-state index in [1.165, 1.54) is 0 Å². The summed E-state index contributed by atoms with van der Waals surface area (Å²) >= 11 is 3.02. The number of rotatable bonds is 1. The molecule has 0 fully saturated rings. The van der Waals surface area contributed by atoms with Crippen LogP contribution in [0.2, 0.25) is 0 Å². The van der Waals surface area contributed by atoms with Crippen LogP contribution < -0.4 is 0 Å². The van der Waals surface area contributed by atoms with Crippen LogP contribution in [0.5, 0.6) is 0 Å². The van der Waals surface area contributed by atoms with Gasteiger partial charge in [-0.25, -0.2) is 0 Å². The van der Waals surface area contributed by atoms with Gasteiger partial charge in [0.05, 0.1) is 0 Å². The Morgan fingerprint density at radius 2 is 2.14 bits per heavy atom. The van der Waals surface area contributed by atoms with Gasteiger partial charge in [-0.2, -0.15) is 0 Å². The van der Waals surface area contributed by atoms with Gasteiger partial charge in [0.25, 0.3) is 0 Å². The molecule has 7 heavy (non-hydrogen) atoms. The van der Waals surface area contributed by atoms with Crippen molar-refractivity contribution in [1.82, 2.24) is 0 Å². The summed E-state index contributed by atoms with van der Waals surface area (Å²) in [5.74, 6) is 0. The molecule has 2 nitrogen and oxygen atoms in total. The number of hydrogen-bond acceptors (Lipinski definition) is 2. The zero-order valence-corrected chi connectivity index (χ0v) is 5.35. The first-order valence-electron chi connectivity index (χ1n) is 1.98.